The van der Waals surface area contributed by atoms with E-state index in [1.807, 2.05) is 44.2 Å². The zero-order chi connectivity index (χ0) is 21.6. The molecule has 2 aromatic rings. The maximum absolute atomic E-state index is 12.8. The van der Waals surface area contributed by atoms with E-state index in [1.165, 1.54) is 4.31 Å². The molecule has 6 nitrogen and oxygen atoms in total. The molecule has 0 fully saturated rings. The van der Waals surface area contributed by atoms with Gasteiger partial charge in [0.05, 0.1) is 18.5 Å². The van der Waals surface area contributed by atoms with Crippen molar-refractivity contribution in [2.24, 2.45) is 0 Å². The van der Waals surface area contributed by atoms with E-state index >= 15 is 0 Å². The van der Waals surface area contributed by atoms with Gasteiger partial charge >= 0.3 is 0 Å². The Morgan fingerprint density at radius 3 is 2.38 bits per heavy atom. The van der Waals surface area contributed by atoms with Crippen LogP contribution in [0.5, 0.6) is 5.75 Å². The van der Waals surface area contributed by atoms with Crippen molar-refractivity contribution in [3.8, 4) is 5.75 Å². The lowest BCUT2D eigenvalue weighted by atomic mass is 9.86. The van der Waals surface area contributed by atoms with Crippen LogP contribution in [-0.4, -0.2) is 33.2 Å². The van der Waals surface area contributed by atoms with Crippen molar-refractivity contribution in [2.75, 3.05) is 22.4 Å². The van der Waals surface area contributed by atoms with E-state index < -0.39 is 16.1 Å². The predicted octanol–water partition coefficient (Wildman–Crippen LogP) is 3.77. The van der Waals surface area contributed by atoms with Gasteiger partial charge in [-0.1, -0.05) is 32.9 Å². The molecular weight excluding hydrogens is 388 g/mol. The van der Waals surface area contributed by atoms with Crippen LogP contribution in [0.2, 0.25) is 0 Å². The Bertz CT molecular complexity index is 1050. The van der Waals surface area contributed by atoms with Gasteiger partial charge in [-0.05, 0) is 60.2 Å². The highest BCUT2D eigenvalue weighted by Crippen LogP contribution is 2.38. The highest BCUT2D eigenvalue weighted by molar-refractivity contribution is 7.92. The van der Waals surface area contributed by atoms with Crippen LogP contribution in [0.25, 0.3) is 0 Å². The zero-order valence-electron chi connectivity index (χ0n) is 17.7. The first kappa shape index (κ1) is 21.2. The van der Waals surface area contributed by atoms with Gasteiger partial charge in [0, 0.05) is 5.69 Å². The molecule has 1 amide bonds. The van der Waals surface area contributed by atoms with Crippen LogP contribution in [0.1, 0.15) is 37.5 Å². The molecule has 1 N–H and O–H groups in total. The first-order chi connectivity index (χ1) is 13.4. The molecule has 0 aromatic heterocycles. The molecule has 0 bridgehead atoms. The molecule has 1 heterocycles. The van der Waals surface area contributed by atoms with Crippen molar-refractivity contribution >= 4 is 27.3 Å². The van der Waals surface area contributed by atoms with Crippen LogP contribution < -0.4 is 14.4 Å². The summed E-state index contributed by atoms with van der Waals surface area (Å²) in [7, 11) is -3.58. The summed E-state index contributed by atoms with van der Waals surface area (Å²) in [5.74, 6) is 0.00219. The van der Waals surface area contributed by atoms with Crippen LogP contribution in [0, 0.1) is 13.8 Å². The molecule has 1 atom stereocenters. The molecule has 0 saturated heterocycles. The zero-order valence-corrected chi connectivity index (χ0v) is 18.6. The first-order valence-corrected chi connectivity index (χ1v) is 11.4. The summed E-state index contributed by atoms with van der Waals surface area (Å²) in [4.78, 5) is 12.8. The molecule has 156 valence electrons. The minimum atomic E-state index is -3.58. The van der Waals surface area contributed by atoms with Crippen LogP contribution in [0.4, 0.5) is 11.4 Å². The third kappa shape index (κ3) is 4.56. The number of rotatable bonds is 3. The Kier molecular flexibility index (Phi) is 5.38. The standard InChI is InChI=1S/C22H28N2O4S/c1-14-7-9-17(11-15(14)2)23-21(25)20-13-24(29(6,26)27)18-12-16(22(3,4)5)8-10-19(18)28-20/h7-12,20H,13H2,1-6H3,(H,23,25)/t20-/m1/s1. The van der Waals surface area contributed by atoms with Gasteiger partial charge in [0.15, 0.2) is 6.10 Å². The number of nitrogens with one attached hydrogen (secondary N) is 1. The number of ether oxygens (including phenoxy) is 1. The number of sulfonamides is 1. The topological polar surface area (TPSA) is 75.7 Å². The van der Waals surface area contributed by atoms with E-state index in [-0.39, 0.29) is 17.9 Å². The van der Waals surface area contributed by atoms with Gasteiger partial charge in [-0.2, -0.15) is 0 Å². The normalized spacial score (nSPS) is 16.8. The summed E-state index contributed by atoms with van der Waals surface area (Å²) in [6.07, 6.45) is 0.198. The fourth-order valence-corrected chi connectivity index (χ4v) is 4.12. The van der Waals surface area contributed by atoms with Gasteiger partial charge in [0.25, 0.3) is 5.91 Å². The Hall–Kier alpha value is -2.54. The molecule has 3 rings (SSSR count). The van der Waals surface area contributed by atoms with Gasteiger partial charge in [0.1, 0.15) is 5.75 Å². The van der Waals surface area contributed by atoms with Crippen molar-refractivity contribution in [2.45, 2.75) is 46.1 Å². The number of aryl methyl sites for hydroxylation is 2. The van der Waals surface area contributed by atoms with E-state index in [1.54, 1.807) is 6.07 Å². The number of hydrogen-bond acceptors (Lipinski definition) is 4. The quantitative estimate of drug-likeness (QED) is 0.826. The molecule has 0 spiro atoms. The largest absolute Gasteiger partial charge is 0.476 e. The number of fused-ring (bicyclic) bond motifs is 1. The number of anilines is 2. The predicted molar refractivity (Wildman–Crippen MR) is 116 cm³/mol. The minimum absolute atomic E-state index is 0.0733. The average Bonchev–Trinajstić information content (AvgIpc) is 2.61. The smallest absolute Gasteiger partial charge is 0.267 e. The van der Waals surface area contributed by atoms with Crippen LogP contribution in [-0.2, 0) is 20.2 Å². The van der Waals surface area contributed by atoms with Crippen LogP contribution in [0.3, 0.4) is 0 Å². The van der Waals surface area contributed by atoms with E-state index in [9.17, 15) is 13.2 Å². The van der Waals surface area contributed by atoms with Gasteiger partial charge < -0.3 is 10.1 Å². The summed E-state index contributed by atoms with van der Waals surface area (Å²) in [5, 5.41) is 2.83. The molecule has 7 heteroatoms. The molecule has 0 radical (unpaired) electrons. The van der Waals surface area contributed by atoms with Gasteiger partial charge in [-0.25, -0.2) is 8.42 Å². The number of hydrogen-bond donors (Lipinski definition) is 1. The number of nitrogens with zero attached hydrogens (tertiary/aromatic N) is 1. The van der Waals surface area contributed by atoms with Crippen molar-refractivity contribution in [1.82, 2.24) is 0 Å². The van der Waals surface area contributed by atoms with Crippen LogP contribution >= 0.6 is 0 Å². The summed E-state index contributed by atoms with van der Waals surface area (Å²) in [5.41, 5.74) is 4.16. The fraction of sp³-hybridized carbons (Fsp3) is 0.409. The summed E-state index contributed by atoms with van der Waals surface area (Å²) in [6, 6.07) is 11.1. The molecule has 2 aromatic carbocycles. The summed E-state index contributed by atoms with van der Waals surface area (Å²) >= 11 is 0. The third-order valence-electron chi connectivity index (χ3n) is 5.16. The lowest BCUT2D eigenvalue weighted by molar-refractivity contribution is -0.122. The molecule has 1 aliphatic rings. The Balaban J connectivity index is 1.92. The Morgan fingerprint density at radius 2 is 1.79 bits per heavy atom. The van der Waals surface area contributed by atoms with E-state index in [4.69, 9.17) is 4.74 Å². The van der Waals surface area contributed by atoms with Crippen molar-refractivity contribution in [3.63, 3.8) is 0 Å². The van der Waals surface area contributed by atoms with Gasteiger partial charge in [-0.3, -0.25) is 9.10 Å². The van der Waals surface area contributed by atoms with Gasteiger partial charge in [0.2, 0.25) is 10.0 Å². The molecular formula is C22H28N2O4S. The monoisotopic (exact) mass is 416 g/mol. The second-order valence-corrected chi connectivity index (χ2v) is 10.5. The second kappa shape index (κ2) is 7.37. The average molecular weight is 417 g/mol. The van der Waals surface area contributed by atoms with E-state index in [0.29, 0.717) is 17.1 Å². The molecule has 0 aliphatic carbocycles. The number of carbonyl (C=O) groups excluding carboxylic acids is 1. The lowest BCUT2D eigenvalue weighted by Gasteiger charge is -2.35. The Morgan fingerprint density at radius 1 is 1.10 bits per heavy atom. The lowest BCUT2D eigenvalue weighted by Crippen LogP contribution is -2.48. The Labute approximate surface area is 172 Å². The SMILES string of the molecule is Cc1ccc(NC(=O)[C@H]2CN(S(C)(=O)=O)c3cc(C(C)(C)C)ccc3O2)cc1C. The molecule has 0 unspecified atom stereocenters. The first-order valence-electron chi connectivity index (χ1n) is 9.53. The molecule has 29 heavy (non-hydrogen) atoms. The van der Waals surface area contributed by atoms with Crippen LogP contribution in [0.15, 0.2) is 36.4 Å². The maximum Gasteiger partial charge on any atom is 0.267 e. The van der Waals surface area contributed by atoms with Gasteiger partial charge in [-0.15, -0.1) is 0 Å². The summed E-state index contributed by atoms with van der Waals surface area (Å²) < 4.78 is 32.1. The summed E-state index contributed by atoms with van der Waals surface area (Å²) in [6.45, 7) is 10.1. The van der Waals surface area contributed by atoms with Crippen molar-refractivity contribution in [1.29, 1.82) is 0 Å². The number of amides is 1. The third-order valence-corrected chi connectivity index (χ3v) is 6.31. The minimum Gasteiger partial charge on any atom is -0.476 e. The highest BCUT2D eigenvalue weighted by Gasteiger charge is 2.36. The molecule has 1 aliphatic heterocycles. The fourth-order valence-electron chi connectivity index (χ4n) is 3.21. The highest BCUT2D eigenvalue weighted by atomic mass is 32.2. The van der Waals surface area contributed by atoms with E-state index in [2.05, 4.69) is 26.1 Å². The number of carbonyl (C=O) groups is 1. The van der Waals surface area contributed by atoms with E-state index in [0.717, 1.165) is 22.9 Å². The van der Waals surface area contributed by atoms with Crippen molar-refractivity contribution < 1.29 is 17.9 Å². The second-order valence-electron chi connectivity index (χ2n) is 8.62. The molecule has 0 saturated carbocycles. The van der Waals surface area contributed by atoms with Crippen molar-refractivity contribution in [3.05, 3.63) is 53.1 Å². The number of benzene rings is 2. The maximum atomic E-state index is 12.8.